The third-order valence-corrected chi connectivity index (χ3v) is 3.83. The highest BCUT2D eigenvalue weighted by Gasteiger charge is 2.10. The van der Waals surface area contributed by atoms with Crippen molar-refractivity contribution in [2.75, 3.05) is 11.9 Å². The number of benzene rings is 2. The lowest BCUT2D eigenvalue weighted by Crippen LogP contribution is -2.32. The van der Waals surface area contributed by atoms with Crippen molar-refractivity contribution in [1.29, 1.82) is 0 Å². The van der Waals surface area contributed by atoms with Gasteiger partial charge >= 0.3 is 0 Å². The predicted molar refractivity (Wildman–Crippen MR) is 99.2 cm³/mol. The van der Waals surface area contributed by atoms with Gasteiger partial charge in [0.1, 0.15) is 5.75 Å². The van der Waals surface area contributed by atoms with Crippen molar-refractivity contribution in [3.63, 3.8) is 0 Å². The highest BCUT2D eigenvalue weighted by Crippen LogP contribution is 2.16. The van der Waals surface area contributed by atoms with Gasteiger partial charge in [0, 0.05) is 22.3 Å². The number of rotatable bonds is 7. The van der Waals surface area contributed by atoms with E-state index in [1.165, 1.54) is 0 Å². The van der Waals surface area contributed by atoms with E-state index >= 15 is 0 Å². The minimum atomic E-state index is -0.311. The fourth-order valence-electron chi connectivity index (χ4n) is 2.02. The number of anilines is 1. The van der Waals surface area contributed by atoms with Gasteiger partial charge in [-0.3, -0.25) is 9.59 Å². The first-order valence-electron chi connectivity index (χ1n) is 8.07. The van der Waals surface area contributed by atoms with Gasteiger partial charge in [-0.15, -0.1) is 0 Å². The van der Waals surface area contributed by atoms with Gasteiger partial charge in [-0.05, 0) is 55.8 Å². The molecule has 1 atom stereocenters. The molecule has 2 aromatic rings. The first kappa shape index (κ1) is 18.8. The molecule has 2 rings (SSSR count). The van der Waals surface area contributed by atoms with E-state index in [9.17, 15) is 9.59 Å². The lowest BCUT2D eigenvalue weighted by atomic mass is 10.1. The standard InChI is InChI=1S/C19H21ClN2O3/c1-3-13(2)21-19(24)14-5-4-6-16(11-14)22-18(23)12-25-17-9-7-15(20)8-10-17/h4-11,13H,3,12H2,1-2H3,(H,21,24)(H,22,23). The average molecular weight is 361 g/mol. The Labute approximate surface area is 152 Å². The molecule has 5 nitrogen and oxygen atoms in total. The van der Waals surface area contributed by atoms with Crippen LogP contribution in [0.5, 0.6) is 5.75 Å². The molecular formula is C19H21ClN2O3. The molecule has 2 amide bonds. The van der Waals surface area contributed by atoms with Gasteiger partial charge < -0.3 is 15.4 Å². The molecule has 0 heterocycles. The smallest absolute Gasteiger partial charge is 0.262 e. The fraction of sp³-hybridized carbons (Fsp3) is 0.263. The third-order valence-electron chi connectivity index (χ3n) is 3.58. The first-order chi connectivity index (χ1) is 12.0. The average Bonchev–Trinajstić information content (AvgIpc) is 2.61. The van der Waals surface area contributed by atoms with Crippen molar-refractivity contribution in [3.05, 3.63) is 59.1 Å². The van der Waals surface area contributed by atoms with E-state index < -0.39 is 0 Å². The Balaban J connectivity index is 1.91. The molecule has 0 fully saturated rings. The molecule has 2 aromatic carbocycles. The third kappa shape index (κ3) is 6.12. The van der Waals surface area contributed by atoms with Crippen LogP contribution in [-0.4, -0.2) is 24.5 Å². The molecule has 0 aromatic heterocycles. The van der Waals surface area contributed by atoms with Crippen molar-refractivity contribution in [1.82, 2.24) is 5.32 Å². The Morgan fingerprint density at radius 3 is 2.56 bits per heavy atom. The summed E-state index contributed by atoms with van der Waals surface area (Å²) in [5.41, 5.74) is 1.04. The second-order valence-corrected chi connectivity index (χ2v) is 6.09. The van der Waals surface area contributed by atoms with Gasteiger partial charge in [0.05, 0.1) is 0 Å². The molecule has 2 N–H and O–H groups in total. The van der Waals surface area contributed by atoms with E-state index in [0.717, 1.165) is 6.42 Å². The van der Waals surface area contributed by atoms with Crippen LogP contribution >= 0.6 is 11.6 Å². The molecule has 0 radical (unpaired) electrons. The van der Waals surface area contributed by atoms with Crippen LogP contribution in [0.3, 0.4) is 0 Å². The Kier molecular flexibility index (Phi) is 6.83. The molecule has 6 heteroatoms. The molecule has 132 valence electrons. The maximum absolute atomic E-state index is 12.1. The van der Waals surface area contributed by atoms with Crippen LogP contribution in [-0.2, 0) is 4.79 Å². The number of carbonyl (C=O) groups is 2. The van der Waals surface area contributed by atoms with E-state index in [0.29, 0.717) is 22.0 Å². The van der Waals surface area contributed by atoms with Crippen LogP contribution < -0.4 is 15.4 Å². The Bertz CT molecular complexity index is 732. The summed E-state index contributed by atoms with van der Waals surface area (Å²) in [6.45, 7) is 3.81. The van der Waals surface area contributed by atoms with Crippen LogP contribution in [0.4, 0.5) is 5.69 Å². The number of carbonyl (C=O) groups excluding carboxylic acids is 2. The maximum Gasteiger partial charge on any atom is 0.262 e. The summed E-state index contributed by atoms with van der Waals surface area (Å²) < 4.78 is 5.39. The molecule has 0 bridgehead atoms. The predicted octanol–water partition coefficient (Wildman–Crippen LogP) is 3.89. The second kappa shape index (κ2) is 9.08. The van der Waals surface area contributed by atoms with E-state index in [1.54, 1.807) is 48.5 Å². The number of hydrogen-bond acceptors (Lipinski definition) is 3. The quantitative estimate of drug-likeness (QED) is 0.787. The minimum Gasteiger partial charge on any atom is -0.484 e. The van der Waals surface area contributed by atoms with E-state index in [-0.39, 0.29) is 24.5 Å². The summed E-state index contributed by atoms with van der Waals surface area (Å²) in [6.07, 6.45) is 0.851. The molecule has 0 saturated carbocycles. The van der Waals surface area contributed by atoms with Crippen molar-refractivity contribution < 1.29 is 14.3 Å². The molecule has 0 saturated heterocycles. The molecule has 25 heavy (non-hydrogen) atoms. The highest BCUT2D eigenvalue weighted by molar-refractivity contribution is 6.30. The van der Waals surface area contributed by atoms with Crippen molar-refractivity contribution in [3.8, 4) is 5.75 Å². The molecule has 0 aliphatic rings. The molecule has 0 spiro atoms. The monoisotopic (exact) mass is 360 g/mol. The fourth-order valence-corrected chi connectivity index (χ4v) is 2.15. The normalized spacial score (nSPS) is 11.5. The summed E-state index contributed by atoms with van der Waals surface area (Å²) >= 11 is 5.80. The van der Waals surface area contributed by atoms with Gasteiger partial charge in [-0.2, -0.15) is 0 Å². The zero-order chi connectivity index (χ0) is 18.2. The highest BCUT2D eigenvalue weighted by atomic mass is 35.5. The van der Waals surface area contributed by atoms with E-state index in [4.69, 9.17) is 16.3 Å². The SMILES string of the molecule is CCC(C)NC(=O)c1cccc(NC(=O)COc2ccc(Cl)cc2)c1. The number of halogens is 1. The zero-order valence-electron chi connectivity index (χ0n) is 14.2. The lowest BCUT2D eigenvalue weighted by Gasteiger charge is -2.12. The van der Waals surface area contributed by atoms with Gasteiger partial charge in [0.25, 0.3) is 11.8 Å². The van der Waals surface area contributed by atoms with Crippen LogP contribution in [0, 0.1) is 0 Å². The first-order valence-corrected chi connectivity index (χ1v) is 8.45. The molecule has 0 aliphatic carbocycles. The summed E-state index contributed by atoms with van der Waals surface area (Å²) in [4.78, 5) is 24.1. The van der Waals surface area contributed by atoms with E-state index in [1.807, 2.05) is 13.8 Å². The Hall–Kier alpha value is -2.53. The Morgan fingerprint density at radius 1 is 1.16 bits per heavy atom. The van der Waals surface area contributed by atoms with Crippen molar-refractivity contribution in [2.24, 2.45) is 0 Å². The molecule has 0 aliphatic heterocycles. The zero-order valence-corrected chi connectivity index (χ0v) is 15.0. The lowest BCUT2D eigenvalue weighted by molar-refractivity contribution is -0.118. The number of hydrogen-bond donors (Lipinski definition) is 2. The largest absolute Gasteiger partial charge is 0.484 e. The minimum absolute atomic E-state index is 0.0959. The van der Waals surface area contributed by atoms with E-state index in [2.05, 4.69) is 10.6 Å². The second-order valence-electron chi connectivity index (χ2n) is 5.65. The number of ether oxygens (including phenoxy) is 1. The van der Waals surface area contributed by atoms with Gasteiger partial charge in [-0.25, -0.2) is 0 Å². The van der Waals surface area contributed by atoms with Crippen LogP contribution in [0.25, 0.3) is 0 Å². The Morgan fingerprint density at radius 2 is 1.88 bits per heavy atom. The van der Waals surface area contributed by atoms with Gasteiger partial charge in [-0.1, -0.05) is 24.6 Å². The summed E-state index contributed by atoms with van der Waals surface area (Å²) in [7, 11) is 0. The van der Waals surface area contributed by atoms with Crippen molar-refractivity contribution >= 4 is 29.1 Å². The summed E-state index contributed by atoms with van der Waals surface area (Å²) in [6, 6.07) is 13.6. The summed E-state index contributed by atoms with van der Waals surface area (Å²) in [5.74, 6) is 0.0820. The van der Waals surface area contributed by atoms with Gasteiger partial charge in [0.15, 0.2) is 6.61 Å². The molecule has 1 unspecified atom stereocenters. The molecular weight excluding hydrogens is 340 g/mol. The van der Waals surface area contributed by atoms with Crippen molar-refractivity contribution in [2.45, 2.75) is 26.3 Å². The maximum atomic E-state index is 12.1. The number of amides is 2. The van der Waals surface area contributed by atoms with Gasteiger partial charge in [0.2, 0.25) is 0 Å². The number of nitrogens with one attached hydrogen (secondary N) is 2. The summed E-state index contributed by atoms with van der Waals surface area (Å²) in [5, 5.41) is 6.21. The van der Waals surface area contributed by atoms with Crippen LogP contribution in [0.2, 0.25) is 5.02 Å². The topological polar surface area (TPSA) is 67.4 Å². The van der Waals surface area contributed by atoms with Crippen LogP contribution in [0.15, 0.2) is 48.5 Å². The van der Waals surface area contributed by atoms with Crippen LogP contribution in [0.1, 0.15) is 30.6 Å².